The Balaban J connectivity index is 1.48. The summed E-state index contributed by atoms with van der Waals surface area (Å²) >= 11 is 6.01. The van der Waals surface area contributed by atoms with E-state index in [1.165, 1.54) is 38.5 Å². The molecule has 4 aliphatic carbocycles. The van der Waals surface area contributed by atoms with Gasteiger partial charge in [-0.05, 0) is 80.9 Å². The lowest BCUT2D eigenvalue weighted by molar-refractivity contribution is -0.112. The lowest BCUT2D eigenvalue weighted by Gasteiger charge is -2.56. The van der Waals surface area contributed by atoms with Gasteiger partial charge in [0.15, 0.2) is 0 Å². The van der Waals surface area contributed by atoms with Gasteiger partial charge in [-0.3, -0.25) is 4.79 Å². The van der Waals surface area contributed by atoms with Gasteiger partial charge in [-0.1, -0.05) is 17.7 Å². The highest BCUT2D eigenvalue weighted by molar-refractivity contribution is 6.31. The molecule has 4 bridgehead atoms. The van der Waals surface area contributed by atoms with E-state index >= 15 is 0 Å². The number of nitrogens with one attached hydrogen (secondary N) is 2. The van der Waals surface area contributed by atoms with Crippen LogP contribution in [0.15, 0.2) is 30.0 Å². The van der Waals surface area contributed by atoms with E-state index in [-0.39, 0.29) is 11.1 Å². The van der Waals surface area contributed by atoms with Crippen molar-refractivity contribution in [3.8, 4) is 6.07 Å². The predicted molar refractivity (Wildman–Crippen MR) is 103 cm³/mol. The molecular weight excluding hydrogens is 346 g/mol. The minimum atomic E-state index is -0.393. The summed E-state index contributed by atoms with van der Waals surface area (Å²) in [6.07, 6.45) is 9.25. The van der Waals surface area contributed by atoms with E-state index in [4.69, 9.17) is 11.6 Å². The number of carbonyl (C=O) groups is 1. The zero-order valence-electron chi connectivity index (χ0n) is 15.0. The minimum absolute atomic E-state index is 0.0864. The molecule has 0 saturated heterocycles. The van der Waals surface area contributed by atoms with Gasteiger partial charge in [0.2, 0.25) is 0 Å². The van der Waals surface area contributed by atoms with E-state index in [1.54, 1.807) is 18.3 Å². The number of nitrogens with zero attached hydrogens (tertiary/aromatic N) is 1. The second-order valence-electron chi connectivity index (χ2n) is 8.43. The Kier molecular flexibility index (Phi) is 4.44. The van der Waals surface area contributed by atoms with Gasteiger partial charge in [-0.2, -0.15) is 5.26 Å². The van der Waals surface area contributed by atoms with Crippen molar-refractivity contribution in [2.75, 3.05) is 5.32 Å². The van der Waals surface area contributed by atoms with Crippen molar-refractivity contribution >= 4 is 23.2 Å². The van der Waals surface area contributed by atoms with Crippen molar-refractivity contribution in [3.63, 3.8) is 0 Å². The van der Waals surface area contributed by atoms with Crippen LogP contribution in [0.2, 0.25) is 5.02 Å². The summed E-state index contributed by atoms with van der Waals surface area (Å²) in [7, 11) is 0. The van der Waals surface area contributed by atoms with E-state index in [0.717, 1.165) is 23.3 Å². The zero-order valence-corrected chi connectivity index (χ0v) is 15.8. The van der Waals surface area contributed by atoms with Gasteiger partial charge in [-0.15, -0.1) is 0 Å². The largest absolute Gasteiger partial charge is 0.384 e. The van der Waals surface area contributed by atoms with Crippen molar-refractivity contribution in [3.05, 3.63) is 40.6 Å². The number of halogens is 1. The van der Waals surface area contributed by atoms with Crippen LogP contribution < -0.4 is 10.6 Å². The molecule has 4 fully saturated rings. The Hall–Kier alpha value is -1.99. The molecule has 4 nitrogen and oxygen atoms in total. The maximum absolute atomic E-state index is 12.5. The van der Waals surface area contributed by atoms with E-state index in [0.29, 0.717) is 10.7 Å². The third-order valence-electron chi connectivity index (χ3n) is 6.37. The molecule has 136 valence electrons. The molecule has 5 rings (SSSR count). The van der Waals surface area contributed by atoms with Crippen molar-refractivity contribution in [2.24, 2.45) is 17.8 Å². The Labute approximate surface area is 159 Å². The van der Waals surface area contributed by atoms with Gasteiger partial charge in [0, 0.05) is 22.4 Å². The number of hydrogen-bond donors (Lipinski definition) is 2. The molecule has 0 aliphatic heterocycles. The first kappa shape index (κ1) is 17.4. The number of anilines is 1. The van der Waals surface area contributed by atoms with E-state index in [2.05, 4.69) is 10.6 Å². The molecule has 1 aromatic rings. The molecule has 5 heteroatoms. The molecule has 0 spiro atoms. The van der Waals surface area contributed by atoms with Crippen molar-refractivity contribution in [1.82, 2.24) is 5.32 Å². The maximum Gasteiger partial charge on any atom is 0.267 e. The number of benzene rings is 1. The van der Waals surface area contributed by atoms with E-state index in [9.17, 15) is 10.1 Å². The smallest absolute Gasteiger partial charge is 0.267 e. The normalized spacial score (nSPS) is 32.2. The summed E-state index contributed by atoms with van der Waals surface area (Å²) in [5, 5.41) is 16.3. The minimum Gasteiger partial charge on any atom is -0.384 e. The molecule has 0 aromatic heterocycles. The second kappa shape index (κ2) is 6.63. The Morgan fingerprint density at radius 3 is 2.42 bits per heavy atom. The van der Waals surface area contributed by atoms with E-state index < -0.39 is 5.91 Å². The number of aryl methyl sites for hydroxylation is 1. The van der Waals surface area contributed by atoms with Crippen LogP contribution in [0.25, 0.3) is 0 Å². The number of rotatable bonds is 4. The van der Waals surface area contributed by atoms with Gasteiger partial charge >= 0.3 is 0 Å². The number of amides is 1. The first-order valence-electron chi connectivity index (χ1n) is 9.42. The first-order valence-corrected chi connectivity index (χ1v) is 9.79. The lowest BCUT2D eigenvalue weighted by Crippen LogP contribution is -2.57. The van der Waals surface area contributed by atoms with Crippen molar-refractivity contribution < 1.29 is 4.79 Å². The number of carbonyl (C=O) groups excluding carboxylic acids is 1. The van der Waals surface area contributed by atoms with Crippen LogP contribution in [-0.4, -0.2) is 11.4 Å². The van der Waals surface area contributed by atoms with Crippen LogP contribution in [0, 0.1) is 36.0 Å². The molecule has 0 atom stereocenters. The van der Waals surface area contributed by atoms with Gasteiger partial charge < -0.3 is 10.6 Å². The van der Waals surface area contributed by atoms with Crippen LogP contribution in [0.5, 0.6) is 0 Å². The summed E-state index contributed by atoms with van der Waals surface area (Å²) in [5.74, 6) is 2.05. The average Bonchev–Trinajstić information content (AvgIpc) is 2.57. The van der Waals surface area contributed by atoms with Crippen molar-refractivity contribution in [2.45, 2.75) is 51.0 Å². The molecule has 4 aliphatic rings. The highest BCUT2D eigenvalue weighted by atomic mass is 35.5. The quantitative estimate of drug-likeness (QED) is 0.604. The summed E-state index contributed by atoms with van der Waals surface area (Å²) in [4.78, 5) is 12.5. The number of nitriles is 1. The average molecular weight is 370 g/mol. The van der Waals surface area contributed by atoms with Crippen LogP contribution in [0.4, 0.5) is 5.69 Å². The third-order valence-corrected chi connectivity index (χ3v) is 6.61. The van der Waals surface area contributed by atoms with Gasteiger partial charge in [-0.25, -0.2) is 0 Å². The Morgan fingerprint density at radius 1 is 1.23 bits per heavy atom. The maximum atomic E-state index is 12.5. The van der Waals surface area contributed by atoms with Gasteiger partial charge in [0.05, 0.1) is 0 Å². The fourth-order valence-electron chi connectivity index (χ4n) is 5.58. The molecule has 1 amide bonds. The molecule has 0 unspecified atom stereocenters. The molecule has 0 heterocycles. The molecule has 26 heavy (non-hydrogen) atoms. The monoisotopic (exact) mass is 369 g/mol. The molecule has 4 saturated carbocycles. The summed E-state index contributed by atoms with van der Waals surface area (Å²) in [6, 6.07) is 7.38. The van der Waals surface area contributed by atoms with Crippen LogP contribution >= 0.6 is 11.6 Å². The third kappa shape index (κ3) is 3.33. The fraction of sp³-hybridized carbons (Fsp3) is 0.524. The lowest BCUT2D eigenvalue weighted by atomic mass is 9.53. The second-order valence-corrected chi connectivity index (χ2v) is 8.86. The molecule has 0 radical (unpaired) electrons. The Morgan fingerprint density at radius 2 is 1.85 bits per heavy atom. The predicted octanol–water partition coefficient (Wildman–Crippen LogP) is 4.55. The van der Waals surface area contributed by atoms with Crippen LogP contribution in [0.3, 0.4) is 0 Å². The Bertz CT molecular complexity index is 773. The molecule has 2 N–H and O–H groups in total. The van der Waals surface area contributed by atoms with Gasteiger partial charge in [0.1, 0.15) is 11.6 Å². The molecule has 1 aromatic carbocycles. The fourth-order valence-corrected chi connectivity index (χ4v) is 5.75. The number of hydrogen-bond acceptors (Lipinski definition) is 3. The molecular formula is C21H24ClN3O. The highest BCUT2D eigenvalue weighted by Crippen LogP contribution is 2.55. The summed E-state index contributed by atoms with van der Waals surface area (Å²) in [5.41, 5.74) is 1.75. The van der Waals surface area contributed by atoms with Crippen molar-refractivity contribution in [1.29, 1.82) is 5.26 Å². The highest BCUT2D eigenvalue weighted by Gasteiger charge is 2.50. The topological polar surface area (TPSA) is 64.9 Å². The SMILES string of the molecule is Cc1ccc(Cl)cc1NC(=O)/C(C#N)=C\NC12CC3CC(CC(C3)C1)C2. The summed E-state index contributed by atoms with van der Waals surface area (Å²) in [6.45, 7) is 1.90. The van der Waals surface area contributed by atoms with Gasteiger partial charge in [0.25, 0.3) is 5.91 Å². The van der Waals surface area contributed by atoms with Crippen LogP contribution in [0.1, 0.15) is 44.1 Å². The first-order chi connectivity index (χ1) is 12.5. The zero-order chi connectivity index (χ0) is 18.3. The van der Waals surface area contributed by atoms with Crippen LogP contribution in [-0.2, 0) is 4.79 Å². The van der Waals surface area contributed by atoms with E-state index in [1.807, 2.05) is 19.1 Å². The standard InChI is InChI=1S/C21H24ClN3O/c1-13-2-3-18(22)7-19(13)25-20(26)17(11-23)12-24-21-8-14-4-15(9-21)6-16(5-14)10-21/h2-3,7,12,14-16,24H,4-6,8-10H2,1H3,(H,25,26)/b17-12-. The summed E-state index contributed by atoms with van der Waals surface area (Å²) < 4.78 is 0.